The normalized spacial score (nSPS) is 15.8. The molecule has 1 atom stereocenters. The van der Waals surface area contributed by atoms with Gasteiger partial charge in [0, 0.05) is 30.9 Å². The highest BCUT2D eigenvalue weighted by molar-refractivity contribution is 5.94. The number of carbonyl (C=O) groups excluding carboxylic acids is 1. The maximum Gasteiger partial charge on any atom is 0.278 e. The van der Waals surface area contributed by atoms with Crippen LogP contribution in [0.15, 0.2) is 67.0 Å². The summed E-state index contributed by atoms with van der Waals surface area (Å²) in [7, 11) is 1.52. The number of carbonyl (C=O) groups is 1. The van der Waals surface area contributed by atoms with Crippen LogP contribution < -0.4 is 14.2 Å². The van der Waals surface area contributed by atoms with Crippen LogP contribution in [0.25, 0.3) is 0 Å². The van der Waals surface area contributed by atoms with Gasteiger partial charge < -0.3 is 19.1 Å². The smallest absolute Gasteiger partial charge is 0.278 e. The van der Waals surface area contributed by atoms with Gasteiger partial charge in [-0.25, -0.2) is 9.97 Å². The lowest BCUT2D eigenvalue weighted by molar-refractivity contribution is 0.0770. The van der Waals surface area contributed by atoms with Crippen LogP contribution in [0.1, 0.15) is 16.8 Å². The zero-order valence-corrected chi connectivity index (χ0v) is 16.0. The number of benzene rings is 2. The summed E-state index contributed by atoms with van der Waals surface area (Å²) in [5.74, 6) is 2.09. The van der Waals surface area contributed by atoms with Crippen LogP contribution in [-0.4, -0.2) is 47.1 Å². The van der Waals surface area contributed by atoms with Crippen LogP contribution in [0.4, 0.5) is 0 Å². The van der Waals surface area contributed by atoms with Gasteiger partial charge in [0.05, 0.1) is 13.7 Å². The standard InChI is InChI=1S/C22H21N3O4/c1-27-20-21(24-13-12-23-20)29-19-11-14-25(15-19)22(26)16-7-9-18(10-8-16)28-17-5-3-2-4-6-17/h2-10,12-13,19H,11,14-15H2,1H3. The molecular formula is C22H21N3O4. The fourth-order valence-electron chi connectivity index (χ4n) is 3.17. The summed E-state index contributed by atoms with van der Waals surface area (Å²) in [5.41, 5.74) is 0.614. The van der Waals surface area contributed by atoms with E-state index in [0.717, 1.165) is 12.2 Å². The van der Waals surface area contributed by atoms with Crippen LogP contribution in [0.3, 0.4) is 0 Å². The van der Waals surface area contributed by atoms with Gasteiger partial charge in [-0.1, -0.05) is 18.2 Å². The highest BCUT2D eigenvalue weighted by atomic mass is 16.5. The molecule has 2 heterocycles. The number of hydrogen-bond acceptors (Lipinski definition) is 6. The van der Waals surface area contributed by atoms with Crippen molar-refractivity contribution in [2.24, 2.45) is 0 Å². The summed E-state index contributed by atoms with van der Waals surface area (Å²) in [6, 6.07) is 16.7. The van der Waals surface area contributed by atoms with E-state index >= 15 is 0 Å². The minimum Gasteiger partial charge on any atom is -0.477 e. The first kappa shape index (κ1) is 18.7. The van der Waals surface area contributed by atoms with Crippen molar-refractivity contribution in [1.82, 2.24) is 14.9 Å². The number of methoxy groups -OCH3 is 1. The van der Waals surface area contributed by atoms with Crippen molar-refractivity contribution < 1.29 is 19.0 Å². The van der Waals surface area contributed by atoms with Crippen LogP contribution in [-0.2, 0) is 0 Å². The van der Waals surface area contributed by atoms with Gasteiger partial charge in [-0.2, -0.15) is 0 Å². The number of hydrogen-bond donors (Lipinski definition) is 0. The third-order valence-corrected chi connectivity index (χ3v) is 4.62. The Labute approximate surface area is 168 Å². The van der Waals surface area contributed by atoms with E-state index in [2.05, 4.69) is 9.97 Å². The largest absolute Gasteiger partial charge is 0.477 e. The minimum absolute atomic E-state index is 0.0338. The Morgan fingerprint density at radius 3 is 2.38 bits per heavy atom. The lowest BCUT2D eigenvalue weighted by Gasteiger charge is -2.17. The molecule has 3 aromatic rings. The van der Waals surface area contributed by atoms with E-state index in [1.165, 1.54) is 7.11 Å². The Morgan fingerprint density at radius 2 is 1.66 bits per heavy atom. The van der Waals surface area contributed by atoms with E-state index in [9.17, 15) is 4.79 Å². The van der Waals surface area contributed by atoms with Crippen molar-refractivity contribution in [3.8, 4) is 23.3 Å². The summed E-state index contributed by atoms with van der Waals surface area (Å²) < 4.78 is 16.8. The van der Waals surface area contributed by atoms with Crippen molar-refractivity contribution in [2.75, 3.05) is 20.2 Å². The third-order valence-electron chi connectivity index (χ3n) is 4.62. The summed E-state index contributed by atoms with van der Waals surface area (Å²) in [4.78, 5) is 22.8. The molecule has 29 heavy (non-hydrogen) atoms. The molecule has 0 spiro atoms. The van der Waals surface area contributed by atoms with Gasteiger partial charge in [-0.15, -0.1) is 0 Å². The van der Waals surface area contributed by atoms with E-state index < -0.39 is 0 Å². The molecular weight excluding hydrogens is 370 g/mol. The van der Waals surface area contributed by atoms with Crippen molar-refractivity contribution >= 4 is 5.91 Å². The van der Waals surface area contributed by atoms with Gasteiger partial charge in [0.15, 0.2) is 0 Å². The van der Waals surface area contributed by atoms with Crippen molar-refractivity contribution in [2.45, 2.75) is 12.5 Å². The van der Waals surface area contributed by atoms with Gasteiger partial charge in [-0.05, 0) is 36.4 Å². The third kappa shape index (κ3) is 4.45. The van der Waals surface area contributed by atoms with E-state index in [1.807, 2.05) is 30.3 Å². The van der Waals surface area contributed by atoms with Gasteiger partial charge in [-0.3, -0.25) is 4.79 Å². The Morgan fingerprint density at radius 1 is 0.966 bits per heavy atom. The first-order valence-electron chi connectivity index (χ1n) is 9.37. The zero-order chi connectivity index (χ0) is 20.1. The molecule has 4 rings (SSSR count). The summed E-state index contributed by atoms with van der Waals surface area (Å²) >= 11 is 0. The molecule has 7 nitrogen and oxygen atoms in total. The SMILES string of the molecule is COc1nccnc1OC1CCN(C(=O)c2ccc(Oc3ccccc3)cc2)C1. The van der Waals surface area contributed by atoms with E-state index in [4.69, 9.17) is 14.2 Å². The minimum atomic E-state index is -0.148. The molecule has 2 aromatic carbocycles. The Hall–Kier alpha value is -3.61. The Balaban J connectivity index is 1.36. The van der Waals surface area contributed by atoms with Crippen LogP contribution in [0.5, 0.6) is 23.3 Å². The van der Waals surface area contributed by atoms with Crippen molar-refractivity contribution in [3.63, 3.8) is 0 Å². The average molecular weight is 391 g/mol. The molecule has 148 valence electrons. The molecule has 1 aliphatic rings. The Kier molecular flexibility index (Phi) is 5.56. The number of nitrogens with zero attached hydrogens (tertiary/aromatic N) is 3. The molecule has 0 radical (unpaired) electrons. The number of para-hydroxylation sites is 1. The van der Waals surface area contributed by atoms with Gasteiger partial charge >= 0.3 is 0 Å². The predicted octanol–water partition coefficient (Wildman–Crippen LogP) is 3.57. The molecule has 0 bridgehead atoms. The van der Waals surface area contributed by atoms with Crippen LogP contribution in [0.2, 0.25) is 0 Å². The second-order valence-electron chi connectivity index (χ2n) is 6.59. The number of amides is 1. The van der Waals surface area contributed by atoms with E-state index in [1.54, 1.807) is 41.6 Å². The highest BCUT2D eigenvalue weighted by Gasteiger charge is 2.29. The Bertz CT molecular complexity index is 963. The summed E-state index contributed by atoms with van der Waals surface area (Å²) in [6.45, 7) is 1.11. The fourth-order valence-corrected chi connectivity index (χ4v) is 3.17. The zero-order valence-electron chi connectivity index (χ0n) is 16.0. The maximum atomic E-state index is 12.8. The molecule has 1 unspecified atom stereocenters. The number of likely N-dealkylation sites (tertiary alicyclic amines) is 1. The molecule has 1 aliphatic heterocycles. The molecule has 1 aromatic heterocycles. The molecule has 1 amide bonds. The lowest BCUT2D eigenvalue weighted by atomic mass is 10.2. The van der Waals surface area contributed by atoms with Crippen LogP contribution >= 0.6 is 0 Å². The first-order chi connectivity index (χ1) is 14.2. The van der Waals surface area contributed by atoms with Gasteiger partial charge in [0.2, 0.25) is 0 Å². The quantitative estimate of drug-likeness (QED) is 0.640. The molecule has 1 fully saturated rings. The second kappa shape index (κ2) is 8.60. The molecule has 0 N–H and O–H groups in total. The van der Waals surface area contributed by atoms with Gasteiger partial charge in [0.1, 0.15) is 17.6 Å². The van der Waals surface area contributed by atoms with Gasteiger partial charge in [0.25, 0.3) is 17.7 Å². The molecule has 1 saturated heterocycles. The monoisotopic (exact) mass is 391 g/mol. The van der Waals surface area contributed by atoms with Crippen molar-refractivity contribution in [3.05, 3.63) is 72.6 Å². The topological polar surface area (TPSA) is 73.8 Å². The van der Waals surface area contributed by atoms with Crippen LogP contribution in [0, 0.1) is 0 Å². The number of ether oxygens (including phenoxy) is 3. The van der Waals surface area contributed by atoms with E-state index in [0.29, 0.717) is 36.2 Å². The fraction of sp³-hybridized carbons (Fsp3) is 0.227. The number of aromatic nitrogens is 2. The van der Waals surface area contributed by atoms with E-state index in [-0.39, 0.29) is 12.0 Å². The predicted molar refractivity (Wildman–Crippen MR) is 106 cm³/mol. The average Bonchev–Trinajstić information content (AvgIpc) is 3.23. The molecule has 0 aliphatic carbocycles. The summed E-state index contributed by atoms with van der Waals surface area (Å²) in [5, 5.41) is 0. The molecule has 0 saturated carbocycles. The summed E-state index contributed by atoms with van der Waals surface area (Å²) in [6.07, 6.45) is 3.67. The van der Waals surface area contributed by atoms with Crippen molar-refractivity contribution in [1.29, 1.82) is 0 Å². The first-order valence-corrected chi connectivity index (χ1v) is 9.37. The number of rotatable bonds is 6. The second-order valence-corrected chi connectivity index (χ2v) is 6.59. The lowest BCUT2D eigenvalue weighted by Crippen LogP contribution is -2.31. The molecule has 7 heteroatoms. The maximum absolute atomic E-state index is 12.8. The highest BCUT2D eigenvalue weighted by Crippen LogP contribution is 2.25.